The van der Waals surface area contributed by atoms with E-state index in [-0.39, 0.29) is 36.9 Å². The topological polar surface area (TPSA) is 117 Å². The Balaban J connectivity index is 1.51. The average molecular weight is 494 g/mol. The van der Waals surface area contributed by atoms with Gasteiger partial charge in [-0.3, -0.25) is 19.1 Å². The predicted octanol–water partition coefficient (Wildman–Crippen LogP) is 3.81. The number of fused-ring (bicyclic) bond motifs is 1. The van der Waals surface area contributed by atoms with Crippen LogP contribution in [0.1, 0.15) is 23.1 Å². The Hall–Kier alpha value is -4.85. The van der Waals surface area contributed by atoms with Crippen molar-refractivity contribution in [3.05, 3.63) is 129 Å². The van der Waals surface area contributed by atoms with Crippen LogP contribution in [0.25, 0.3) is 10.9 Å². The molecule has 0 atom stereocenters. The molecule has 0 aliphatic rings. The van der Waals surface area contributed by atoms with E-state index in [1.807, 2.05) is 91.1 Å². The Bertz CT molecular complexity index is 1650. The number of aromatic amines is 2. The molecule has 0 aliphatic heterocycles. The fourth-order valence-corrected chi connectivity index (χ4v) is 4.53. The van der Waals surface area contributed by atoms with Crippen molar-refractivity contribution >= 4 is 28.3 Å². The van der Waals surface area contributed by atoms with Crippen LogP contribution in [0.15, 0.2) is 101 Å². The Labute approximate surface area is 213 Å². The first-order valence-electron chi connectivity index (χ1n) is 12.1. The number of nitrogen functional groups attached to an aromatic ring is 1. The van der Waals surface area contributed by atoms with E-state index < -0.39 is 11.2 Å². The van der Waals surface area contributed by atoms with Gasteiger partial charge in [0.1, 0.15) is 5.82 Å². The summed E-state index contributed by atoms with van der Waals surface area (Å²) < 4.78 is 1.29. The number of nitrogens with two attached hydrogens (primary N) is 1. The Morgan fingerprint density at radius 3 is 2.24 bits per heavy atom. The summed E-state index contributed by atoms with van der Waals surface area (Å²) in [4.78, 5) is 46.4. The lowest BCUT2D eigenvalue weighted by Gasteiger charge is -2.25. The van der Waals surface area contributed by atoms with Gasteiger partial charge in [0, 0.05) is 23.5 Å². The van der Waals surface area contributed by atoms with E-state index in [9.17, 15) is 14.4 Å². The van der Waals surface area contributed by atoms with Crippen LogP contribution in [0.3, 0.4) is 0 Å². The molecule has 2 aromatic heterocycles. The molecule has 0 saturated carbocycles. The first-order chi connectivity index (χ1) is 18.0. The van der Waals surface area contributed by atoms with Gasteiger partial charge in [-0.25, -0.2) is 4.79 Å². The molecule has 37 heavy (non-hydrogen) atoms. The summed E-state index contributed by atoms with van der Waals surface area (Å²) in [6, 6.07) is 26.6. The highest BCUT2D eigenvalue weighted by atomic mass is 16.2. The van der Waals surface area contributed by atoms with Crippen molar-refractivity contribution in [3.63, 3.8) is 0 Å². The summed E-state index contributed by atoms with van der Waals surface area (Å²) in [5.41, 5.74) is 8.79. The van der Waals surface area contributed by atoms with E-state index in [4.69, 9.17) is 5.73 Å². The smallest absolute Gasteiger partial charge is 0.330 e. The fraction of sp³-hybridized carbons (Fsp3) is 0.138. The van der Waals surface area contributed by atoms with Gasteiger partial charge < -0.3 is 15.6 Å². The van der Waals surface area contributed by atoms with Gasteiger partial charge in [-0.15, -0.1) is 0 Å². The van der Waals surface area contributed by atoms with Crippen LogP contribution >= 0.6 is 0 Å². The number of hydrogen-bond donors (Lipinski definition) is 3. The van der Waals surface area contributed by atoms with Gasteiger partial charge in [0.05, 0.1) is 13.1 Å². The molecule has 4 N–H and O–H groups in total. The number of aryl methyl sites for hydroxylation is 1. The molecule has 186 valence electrons. The monoisotopic (exact) mass is 493 g/mol. The van der Waals surface area contributed by atoms with Crippen LogP contribution in [0, 0.1) is 0 Å². The highest BCUT2D eigenvalue weighted by molar-refractivity contribution is 5.96. The van der Waals surface area contributed by atoms with E-state index >= 15 is 0 Å². The molecule has 5 aromatic rings. The number of rotatable bonds is 8. The minimum atomic E-state index is -0.691. The normalized spacial score (nSPS) is 11.0. The van der Waals surface area contributed by atoms with Gasteiger partial charge in [-0.05, 0) is 29.2 Å². The van der Waals surface area contributed by atoms with Crippen LogP contribution in [-0.2, 0) is 24.3 Å². The average Bonchev–Trinajstić information content (AvgIpc) is 3.33. The molecule has 0 saturated heterocycles. The Morgan fingerprint density at radius 1 is 0.865 bits per heavy atom. The van der Waals surface area contributed by atoms with E-state index in [1.165, 1.54) is 9.47 Å². The highest BCUT2D eigenvalue weighted by Gasteiger charge is 2.25. The van der Waals surface area contributed by atoms with Crippen LogP contribution in [0.5, 0.6) is 0 Å². The molecule has 8 heteroatoms. The third kappa shape index (κ3) is 5.08. The summed E-state index contributed by atoms with van der Waals surface area (Å²) in [6.07, 6.45) is 2.54. The molecule has 0 unspecified atom stereocenters. The SMILES string of the molecule is Nc1c(N(Cc2ccccc2)C(=O)CCc2c[nH]c3ccccc23)c(=O)[nH]c(=O)n1Cc1ccccc1. The number of aromatic nitrogens is 3. The third-order valence-electron chi connectivity index (χ3n) is 6.44. The summed E-state index contributed by atoms with van der Waals surface area (Å²) >= 11 is 0. The maximum atomic E-state index is 13.7. The second kappa shape index (κ2) is 10.4. The van der Waals surface area contributed by atoms with Gasteiger partial charge in [0.2, 0.25) is 5.91 Å². The first kappa shape index (κ1) is 23.9. The van der Waals surface area contributed by atoms with E-state index in [0.29, 0.717) is 6.42 Å². The second-order valence-corrected chi connectivity index (χ2v) is 8.89. The summed E-state index contributed by atoms with van der Waals surface area (Å²) in [7, 11) is 0. The predicted molar refractivity (Wildman–Crippen MR) is 146 cm³/mol. The Kier molecular flexibility index (Phi) is 6.72. The lowest BCUT2D eigenvalue weighted by molar-refractivity contribution is -0.118. The van der Waals surface area contributed by atoms with Crippen LogP contribution < -0.4 is 21.9 Å². The van der Waals surface area contributed by atoms with Gasteiger partial charge in [-0.1, -0.05) is 78.9 Å². The lowest BCUT2D eigenvalue weighted by Crippen LogP contribution is -2.41. The summed E-state index contributed by atoms with van der Waals surface area (Å²) in [5.74, 6) is -0.315. The number of nitrogens with zero attached hydrogens (tertiary/aromatic N) is 2. The van der Waals surface area contributed by atoms with Crippen molar-refractivity contribution in [2.45, 2.75) is 25.9 Å². The van der Waals surface area contributed by atoms with Crippen molar-refractivity contribution in [2.24, 2.45) is 0 Å². The molecule has 0 spiro atoms. The molecule has 1 amide bonds. The van der Waals surface area contributed by atoms with E-state index in [1.54, 1.807) is 0 Å². The van der Waals surface area contributed by atoms with Crippen molar-refractivity contribution in [2.75, 3.05) is 10.6 Å². The third-order valence-corrected chi connectivity index (χ3v) is 6.44. The maximum absolute atomic E-state index is 13.7. The highest BCUT2D eigenvalue weighted by Crippen LogP contribution is 2.23. The van der Waals surface area contributed by atoms with Crippen molar-refractivity contribution < 1.29 is 4.79 Å². The van der Waals surface area contributed by atoms with Crippen molar-refractivity contribution in [1.82, 2.24) is 14.5 Å². The standard InChI is InChI=1S/C29H27N5O3/c30-27-26(28(36)32-29(37)34(27)19-21-11-5-2-6-12-21)33(18-20-9-3-1-4-10-20)25(35)16-15-22-17-31-24-14-8-7-13-23(22)24/h1-14,17,31H,15-16,18-19,30H2,(H,32,36,37). The summed E-state index contributed by atoms with van der Waals surface area (Å²) in [6.45, 7) is 0.308. The zero-order valence-electron chi connectivity index (χ0n) is 20.2. The zero-order valence-corrected chi connectivity index (χ0v) is 20.2. The number of benzene rings is 3. The number of carbonyl (C=O) groups excluding carboxylic acids is 1. The minimum Gasteiger partial charge on any atom is -0.383 e. The molecule has 0 aliphatic carbocycles. The minimum absolute atomic E-state index is 0.0247. The van der Waals surface area contributed by atoms with Crippen LogP contribution in [-0.4, -0.2) is 20.4 Å². The molecule has 0 radical (unpaired) electrons. The maximum Gasteiger partial charge on any atom is 0.330 e. The number of carbonyl (C=O) groups is 1. The lowest BCUT2D eigenvalue weighted by atomic mass is 10.1. The van der Waals surface area contributed by atoms with Crippen molar-refractivity contribution in [1.29, 1.82) is 0 Å². The molecule has 0 bridgehead atoms. The largest absolute Gasteiger partial charge is 0.383 e. The van der Waals surface area contributed by atoms with E-state index in [2.05, 4.69) is 9.97 Å². The quantitative estimate of drug-likeness (QED) is 0.305. The van der Waals surface area contributed by atoms with Crippen LogP contribution in [0.4, 0.5) is 11.5 Å². The molecule has 5 rings (SSSR count). The number of nitrogens with one attached hydrogen (secondary N) is 2. The molecule has 3 aromatic carbocycles. The molecular weight excluding hydrogens is 466 g/mol. The Morgan fingerprint density at radius 2 is 1.51 bits per heavy atom. The summed E-state index contributed by atoms with van der Waals surface area (Å²) in [5, 5.41) is 1.05. The van der Waals surface area contributed by atoms with Crippen LogP contribution in [0.2, 0.25) is 0 Å². The van der Waals surface area contributed by atoms with Crippen molar-refractivity contribution in [3.8, 4) is 0 Å². The van der Waals surface area contributed by atoms with Gasteiger partial charge >= 0.3 is 5.69 Å². The first-order valence-corrected chi connectivity index (χ1v) is 12.1. The number of anilines is 2. The molecule has 8 nitrogen and oxygen atoms in total. The number of amides is 1. The zero-order chi connectivity index (χ0) is 25.8. The van der Waals surface area contributed by atoms with Gasteiger partial charge in [0.15, 0.2) is 5.69 Å². The molecular formula is C29H27N5O3. The molecule has 0 fully saturated rings. The van der Waals surface area contributed by atoms with Gasteiger partial charge in [0.25, 0.3) is 5.56 Å². The van der Waals surface area contributed by atoms with Gasteiger partial charge in [-0.2, -0.15) is 0 Å². The van der Waals surface area contributed by atoms with E-state index in [0.717, 1.165) is 27.6 Å². The fourth-order valence-electron chi connectivity index (χ4n) is 4.53. The second-order valence-electron chi connectivity index (χ2n) is 8.89. The molecule has 2 heterocycles. The number of hydrogen-bond acceptors (Lipinski definition) is 4. The number of H-pyrrole nitrogens is 2. The number of para-hydroxylation sites is 1.